The van der Waals surface area contributed by atoms with Crippen molar-refractivity contribution in [3.05, 3.63) is 34.3 Å². The Morgan fingerprint density at radius 3 is 2.65 bits per heavy atom. The smallest absolute Gasteiger partial charge is 0.220 e. The summed E-state index contributed by atoms with van der Waals surface area (Å²) in [5, 5.41) is 15.8. The molecule has 0 spiro atoms. The molecule has 0 bridgehead atoms. The average Bonchev–Trinajstić information content (AvgIpc) is 3.14. The van der Waals surface area contributed by atoms with Crippen LogP contribution in [0.5, 0.6) is 0 Å². The number of nitrogens with zero attached hydrogens (tertiary/aromatic N) is 3. The third kappa shape index (κ3) is 9.48. The highest BCUT2D eigenvalue weighted by Crippen LogP contribution is 2.35. The van der Waals surface area contributed by atoms with E-state index < -0.39 is 0 Å². The molecule has 1 amide bonds. The fourth-order valence-electron chi connectivity index (χ4n) is 2.75. The van der Waals surface area contributed by atoms with Crippen molar-refractivity contribution < 1.29 is 4.79 Å². The predicted octanol–water partition coefficient (Wildman–Crippen LogP) is 5.30. The third-order valence-electron chi connectivity index (χ3n) is 4.41. The van der Waals surface area contributed by atoms with Crippen LogP contribution in [0.2, 0.25) is 0 Å². The minimum Gasteiger partial charge on any atom is -0.355 e. The number of hydrogen-bond acceptors (Lipinski definition) is 5. The molecule has 0 radical (unpaired) electrons. The van der Waals surface area contributed by atoms with E-state index in [1.54, 1.807) is 17.4 Å². The van der Waals surface area contributed by atoms with Crippen LogP contribution in [0.1, 0.15) is 88.7 Å². The number of hydrogen-bond donors (Lipinski definition) is 2. The Morgan fingerprint density at radius 2 is 2.06 bits per heavy atom. The number of carbonyl (C=O) groups excluding carboxylic acids is 1. The van der Waals surface area contributed by atoms with Crippen molar-refractivity contribution >= 4 is 28.8 Å². The summed E-state index contributed by atoms with van der Waals surface area (Å²) < 4.78 is 0. The number of aromatic nitrogens is 1. The highest BCUT2D eigenvalue weighted by molar-refractivity contribution is 7.13. The molecular weight excluding hydrogens is 406 g/mol. The molecule has 6 nitrogen and oxygen atoms in total. The van der Waals surface area contributed by atoms with Gasteiger partial charge < -0.3 is 10.6 Å². The van der Waals surface area contributed by atoms with E-state index in [1.165, 1.54) is 0 Å². The molecule has 2 N–H and O–H groups in total. The molecule has 1 heterocycles. The van der Waals surface area contributed by atoms with Gasteiger partial charge in [-0.25, -0.2) is 4.98 Å². The summed E-state index contributed by atoms with van der Waals surface area (Å²) in [5.41, 5.74) is 2.05. The van der Waals surface area contributed by atoms with Gasteiger partial charge in [-0.05, 0) is 31.8 Å². The van der Waals surface area contributed by atoms with Crippen molar-refractivity contribution in [1.29, 1.82) is 5.26 Å². The van der Waals surface area contributed by atoms with Crippen molar-refractivity contribution in [2.24, 2.45) is 4.99 Å². The number of unbranched alkanes of at least 4 members (excludes halogenated alkanes) is 1. The molecule has 1 aromatic rings. The lowest BCUT2D eigenvalue weighted by molar-refractivity contribution is -0.121. The van der Waals surface area contributed by atoms with Crippen LogP contribution < -0.4 is 10.6 Å². The normalized spacial score (nSPS) is 12.6. The van der Waals surface area contributed by atoms with Crippen LogP contribution in [0.25, 0.3) is 5.70 Å². The van der Waals surface area contributed by atoms with Crippen molar-refractivity contribution in [2.45, 2.75) is 78.6 Å². The van der Waals surface area contributed by atoms with Crippen LogP contribution in [0, 0.1) is 11.3 Å². The first-order valence-electron chi connectivity index (χ1n) is 10.9. The summed E-state index contributed by atoms with van der Waals surface area (Å²) in [7, 11) is 0. The fraction of sp³-hybridized carbons (Fsp3) is 0.583. The van der Waals surface area contributed by atoms with Crippen LogP contribution in [0.4, 0.5) is 0 Å². The van der Waals surface area contributed by atoms with Gasteiger partial charge in [0.1, 0.15) is 0 Å². The molecule has 0 aliphatic heterocycles. The molecule has 0 aliphatic rings. The summed E-state index contributed by atoms with van der Waals surface area (Å²) in [6.45, 7) is 17.8. The summed E-state index contributed by atoms with van der Waals surface area (Å²) >= 11 is 1.72. The van der Waals surface area contributed by atoms with Crippen molar-refractivity contribution in [1.82, 2.24) is 15.6 Å². The zero-order valence-corrected chi connectivity index (χ0v) is 20.7. The fourth-order valence-corrected chi connectivity index (χ4v) is 4.01. The van der Waals surface area contributed by atoms with Gasteiger partial charge in [0.15, 0.2) is 0 Å². The Kier molecular flexibility index (Phi) is 11.2. The molecule has 0 aliphatic carbocycles. The van der Waals surface area contributed by atoms with E-state index in [0.717, 1.165) is 40.0 Å². The highest BCUT2D eigenvalue weighted by Gasteiger charge is 2.24. The molecule has 0 saturated carbocycles. The SMILES string of the molecule is C=C/C=C(\NC(C)=NCCCCC(=O)NCCC#N)c1sc(C(C)(C)C)nc1C(C)C. The quantitative estimate of drug-likeness (QED) is 0.210. The number of nitrogens with one attached hydrogen (secondary N) is 2. The number of carbonyl (C=O) groups is 1. The Hall–Kier alpha value is -2.46. The maximum Gasteiger partial charge on any atom is 0.220 e. The van der Waals surface area contributed by atoms with Gasteiger partial charge in [0.25, 0.3) is 0 Å². The lowest BCUT2D eigenvalue weighted by atomic mass is 9.98. The number of thiazole rings is 1. The molecule has 1 rings (SSSR count). The Balaban J connectivity index is 2.74. The second-order valence-electron chi connectivity index (χ2n) is 8.76. The number of allylic oxidation sites excluding steroid dienone is 2. The molecule has 31 heavy (non-hydrogen) atoms. The Labute approximate surface area is 191 Å². The van der Waals surface area contributed by atoms with Gasteiger partial charge >= 0.3 is 0 Å². The van der Waals surface area contributed by atoms with Gasteiger partial charge in [-0.2, -0.15) is 5.26 Å². The van der Waals surface area contributed by atoms with Crippen molar-refractivity contribution in [3.63, 3.8) is 0 Å². The van der Waals surface area contributed by atoms with Crippen LogP contribution >= 0.6 is 11.3 Å². The first kappa shape index (κ1) is 26.6. The van der Waals surface area contributed by atoms with Gasteiger partial charge in [0.2, 0.25) is 5.91 Å². The lowest BCUT2D eigenvalue weighted by Crippen LogP contribution is -2.23. The van der Waals surface area contributed by atoms with E-state index in [1.807, 2.05) is 19.1 Å². The highest BCUT2D eigenvalue weighted by atomic mass is 32.1. The van der Waals surface area contributed by atoms with Crippen LogP contribution in [0.3, 0.4) is 0 Å². The molecule has 0 aromatic carbocycles. The minimum atomic E-state index is -0.00802. The zero-order valence-electron chi connectivity index (χ0n) is 19.8. The lowest BCUT2D eigenvalue weighted by Gasteiger charge is -2.13. The standard InChI is InChI=1S/C24H37N5OS/c1-8-12-19(22-21(17(2)3)29-23(31-22)24(5,6)7)28-18(4)26-15-10-9-13-20(30)27-16-11-14-25/h8,12,17H,1,9-11,13,15-16H2,2-7H3,(H,26,28)(H,27,30)/b19-12-. The first-order chi connectivity index (χ1) is 14.6. The molecule has 0 saturated heterocycles. The maximum absolute atomic E-state index is 11.7. The zero-order chi connectivity index (χ0) is 23.4. The van der Waals surface area contributed by atoms with Crippen LogP contribution in [0.15, 0.2) is 23.7 Å². The molecule has 170 valence electrons. The summed E-state index contributed by atoms with van der Waals surface area (Å²) in [5.74, 6) is 1.13. The third-order valence-corrected chi connectivity index (χ3v) is 5.94. The Bertz CT molecular complexity index is 837. The van der Waals surface area contributed by atoms with E-state index in [-0.39, 0.29) is 11.3 Å². The van der Waals surface area contributed by atoms with Gasteiger partial charge in [-0.1, -0.05) is 47.3 Å². The van der Waals surface area contributed by atoms with E-state index in [9.17, 15) is 4.79 Å². The number of aliphatic imine (C=N–C) groups is 1. The molecule has 0 atom stereocenters. The number of amidine groups is 1. The second kappa shape index (κ2) is 13.1. The topological polar surface area (TPSA) is 90.2 Å². The van der Waals surface area contributed by atoms with E-state index in [2.05, 4.69) is 56.8 Å². The minimum absolute atomic E-state index is 0.00409. The number of amides is 1. The molecule has 0 unspecified atom stereocenters. The first-order valence-corrected chi connectivity index (χ1v) is 11.7. The monoisotopic (exact) mass is 443 g/mol. The summed E-state index contributed by atoms with van der Waals surface area (Å²) in [6, 6.07) is 2.01. The summed E-state index contributed by atoms with van der Waals surface area (Å²) in [6.07, 6.45) is 6.15. The molecule has 0 fully saturated rings. The largest absolute Gasteiger partial charge is 0.355 e. The number of nitriles is 1. The van der Waals surface area contributed by atoms with Crippen LogP contribution in [-0.4, -0.2) is 29.8 Å². The van der Waals surface area contributed by atoms with Crippen molar-refractivity contribution in [3.8, 4) is 6.07 Å². The van der Waals surface area contributed by atoms with Crippen molar-refractivity contribution in [2.75, 3.05) is 13.1 Å². The molecule has 1 aromatic heterocycles. The van der Waals surface area contributed by atoms with E-state index >= 15 is 0 Å². The Morgan fingerprint density at radius 1 is 1.35 bits per heavy atom. The van der Waals surface area contributed by atoms with E-state index in [0.29, 0.717) is 31.8 Å². The number of rotatable bonds is 11. The molecule has 7 heteroatoms. The maximum atomic E-state index is 11.7. The van der Waals surface area contributed by atoms with Crippen LogP contribution in [-0.2, 0) is 10.2 Å². The van der Waals surface area contributed by atoms with E-state index in [4.69, 9.17) is 10.2 Å². The average molecular weight is 444 g/mol. The van der Waals surface area contributed by atoms with Gasteiger partial charge in [-0.15, -0.1) is 11.3 Å². The van der Waals surface area contributed by atoms with Gasteiger partial charge in [0, 0.05) is 24.9 Å². The van der Waals surface area contributed by atoms with Gasteiger partial charge in [0.05, 0.1) is 39.6 Å². The molecular formula is C24H37N5OS. The predicted molar refractivity (Wildman–Crippen MR) is 131 cm³/mol. The second-order valence-corrected chi connectivity index (χ2v) is 9.76. The summed E-state index contributed by atoms with van der Waals surface area (Å²) in [4.78, 5) is 22.3. The van der Waals surface area contributed by atoms with Gasteiger partial charge in [-0.3, -0.25) is 9.79 Å².